The average Bonchev–Trinajstić information content (AvgIpc) is 3.14. The zero-order valence-corrected chi connectivity index (χ0v) is 16.2. The summed E-state index contributed by atoms with van der Waals surface area (Å²) in [6.07, 6.45) is 1.56. The summed E-state index contributed by atoms with van der Waals surface area (Å²) in [6.45, 7) is 3.17. The Hall–Kier alpha value is -3.88. The molecule has 0 bridgehead atoms. The third kappa shape index (κ3) is 3.45. The lowest BCUT2D eigenvalue weighted by molar-refractivity contribution is -0.117. The Bertz CT molecular complexity index is 1340. The number of carbonyl (C=O) groups is 1. The maximum Gasteiger partial charge on any atom is 0.293 e. The van der Waals surface area contributed by atoms with Gasteiger partial charge in [0.15, 0.2) is 0 Å². The van der Waals surface area contributed by atoms with E-state index in [0.717, 1.165) is 28.1 Å². The van der Waals surface area contributed by atoms with E-state index in [1.807, 2.05) is 31.2 Å². The molecule has 30 heavy (non-hydrogen) atoms. The maximum atomic E-state index is 13.8. The molecule has 2 aromatic carbocycles. The summed E-state index contributed by atoms with van der Waals surface area (Å²) >= 11 is 0. The number of rotatable bonds is 4. The second kappa shape index (κ2) is 7.51. The van der Waals surface area contributed by atoms with Gasteiger partial charge in [-0.15, -0.1) is 0 Å². The van der Waals surface area contributed by atoms with Crippen LogP contribution in [0.25, 0.3) is 16.6 Å². The molecule has 152 valence electrons. The lowest BCUT2D eigenvalue weighted by Crippen LogP contribution is -2.31. The van der Waals surface area contributed by atoms with Crippen molar-refractivity contribution in [3.05, 3.63) is 81.9 Å². The zero-order chi connectivity index (χ0) is 21.4. The van der Waals surface area contributed by atoms with Crippen LogP contribution in [0.1, 0.15) is 11.3 Å². The number of aromatic nitrogens is 4. The number of nitrogens with one attached hydrogen (secondary N) is 1. The summed E-state index contributed by atoms with van der Waals surface area (Å²) in [5, 5.41) is 11.4. The molecule has 0 spiro atoms. The van der Waals surface area contributed by atoms with Crippen LogP contribution in [0.2, 0.25) is 0 Å². The minimum absolute atomic E-state index is 0.183. The molecule has 4 rings (SSSR count). The van der Waals surface area contributed by atoms with Gasteiger partial charge in [0, 0.05) is 11.5 Å². The smallest absolute Gasteiger partial charge is 0.293 e. The number of anilines is 1. The van der Waals surface area contributed by atoms with Crippen LogP contribution >= 0.6 is 0 Å². The fraction of sp³-hybridized carbons (Fsp3) is 0.143. The molecule has 2 aromatic heterocycles. The average molecular weight is 409 g/mol. The first kappa shape index (κ1) is 19.4. The van der Waals surface area contributed by atoms with Gasteiger partial charge < -0.3 is 5.32 Å². The Kier molecular flexibility index (Phi) is 4.86. The predicted molar refractivity (Wildman–Crippen MR) is 108 cm³/mol. The van der Waals surface area contributed by atoms with Gasteiger partial charge in [0.2, 0.25) is 5.91 Å². The van der Waals surface area contributed by atoms with Crippen LogP contribution in [0.5, 0.6) is 0 Å². The summed E-state index contributed by atoms with van der Waals surface area (Å²) in [5.41, 5.74) is 1.78. The normalized spacial score (nSPS) is 11.1. The number of fused-ring (bicyclic) bond motifs is 1. The number of hydrogen-bond donors (Lipinski definition) is 1. The second-order valence-electron chi connectivity index (χ2n) is 6.83. The van der Waals surface area contributed by atoms with E-state index in [-0.39, 0.29) is 11.2 Å². The molecule has 0 saturated carbocycles. The number of carbonyl (C=O) groups excluding carboxylic acids is 1. The van der Waals surface area contributed by atoms with Crippen LogP contribution in [-0.2, 0) is 11.3 Å². The molecule has 1 N–H and O–H groups in total. The lowest BCUT2D eigenvalue weighted by Gasteiger charge is -2.10. The Balaban J connectivity index is 1.72. The monoisotopic (exact) mass is 409 g/mol. The van der Waals surface area contributed by atoms with Crippen LogP contribution < -0.4 is 10.9 Å². The van der Waals surface area contributed by atoms with E-state index in [1.165, 1.54) is 4.68 Å². The zero-order valence-electron chi connectivity index (χ0n) is 16.2. The fourth-order valence-corrected chi connectivity index (χ4v) is 3.23. The van der Waals surface area contributed by atoms with Gasteiger partial charge in [0.25, 0.3) is 5.56 Å². The molecule has 1 amide bonds. The molecule has 0 radical (unpaired) electrons. The lowest BCUT2D eigenvalue weighted by atomic mass is 10.2. The van der Waals surface area contributed by atoms with Crippen LogP contribution in [-0.4, -0.2) is 25.5 Å². The number of amides is 1. The number of benzene rings is 2. The largest absolute Gasteiger partial charge is 0.322 e. The topological polar surface area (TPSA) is 81.8 Å². The molecule has 7 nitrogen and oxygen atoms in total. The quantitative estimate of drug-likeness (QED) is 0.562. The Morgan fingerprint density at radius 1 is 1.13 bits per heavy atom. The number of para-hydroxylation sites is 1. The van der Waals surface area contributed by atoms with E-state index in [2.05, 4.69) is 15.5 Å². The molecule has 2 heterocycles. The Labute approximate surface area is 169 Å². The predicted octanol–water partition coefficient (Wildman–Crippen LogP) is 3.12. The highest BCUT2D eigenvalue weighted by Crippen LogP contribution is 2.20. The molecular formula is C21H17F2N5O2. The summed E-state index contributed by atoms with van der Waals surface area (Å²) < 4.78 is 29.4. The number of aryl methyl sites for hydroxylation is 2. The van der Waals surface area contributed by atoms with E-state index in [9.17, 15) is 18.4 Å². The molecule has 0 unspecified atom stereocenters. The van der Waals surface area contributed by atoms with Crippen LogP contribution in [0.4, 0.5) is 14.5 Å². The fourth-order valence-electron chi connectivity index (χ4n) is 3.23. The van der Waals surface area contributed by atoms with Crippen molar-refractivity contribution in [1.29, 1.82) is 0 Å². The first-order valence-corrected chi connectivity index (χ1v) is 9.11. The van der Waals surface area contributed by atoms with Crippen molar-refractivity contribution < 1.29 is 13.6 Å². The van der Waals surface area contributed by atoms with Crippen molar-refractivity contribution in [3.8, 4) is 5.69 Å². The molecule has 0 saturated heterocycles. The van der Waals surface area contributed by atoms with Gasteiger partial charge in [-0.25, -0.2) is 18.1 Å². The van der Waals surface area contributed by atoms with Gasteiger partial charge >= 0.3 is 0 Å². The van der Waals surface area contributed by atoms with Gasteiger partial charge in [-0.2, -0.15) is 10.2 Å². The standard InChI is InChI=1S/C21H17F2N5O2/c1-12-5-3-4-6-18(12)28-20-15(10-24-28)13(2)26-27(21(20)30)11-19(29)25-17-8-7-14(22)9-16(17)23/h3-10H,11H2,1-2H3,(H,25,29). The van der Waals surface area contributed by atoms with Crippen LogP contribution in [0.15, 0.2) is 53.5 Å². The summed E-state index contributed by atoms with van der Waals surface area (Å²) in [5.74, 6) is -2.34. The Morgan fingerprint density at radius 2 is 1.90 bits per heavy atom. The molecule has 9 heteroatoms. The highest BCUT2D eigenvalue weighted by Gasteiger charge is 2.18. The minimum Gasteiger partial charge on any atom is -0.322 e. The second-order valence-corrected chi connectivity index (χ2v) is 6.83. The number of nitrogens with zero attached hydrogens (tertiary/aromatic N) is 4. The van der Waals surface area contributed by atoms with Crippen LogP contribution in [0, 0.1) is 25.5 Å². The van der Waals surface area contributed by atoms with Gasteiger partial charge in [-0.3, -0.25) is 9.59 Å². The molecule has 0 aliphatic rings. The first-order chi connectivity index (χ1) is 14.3. The van der Waals surface area contributed by atoms with E-state index in [1.54, 1.807) is 13.1 Å². The summed E-state index contributed by atoms with van der Waals surface area (Å²) in [4.78, 5) is 25.5. The third-order valence-corrected chi connectivity index (χ3v) is 4.71. The highest BCUT2D eigenvalue weighted by molar-refractivity contribution is 5.91. The third-order valence-electron chi connectivity index (χ3n) is 4.71. The Morgan fingerprint density at radius 3 is 2.63 bits per heavy atom. The van der Waals surface area contributed by atoms with E-state index >= 15 is 0 Å². The van der Waals surface area contributed by atoms with Crippen molar-refractivity contribution in [3.63, 3.8) is 0 Å². The van der Waals surface area contributed by atoms with Crippen molar-refractivity contribution in [2.75, 3.05) is 5.32 Å². The molecular weight excluding hydrogens is 392 g/mol. The molecule has 0 atom stereocenters. The van der Waals surface area contributed by atoms with Crippen LogP contribution in [0.3, 0.4) is 0 Å². The molecule has 4 aromatic rings. The van der Waals surface area contributed by atoms with E-state index in [0.29, 0.717) is 17.1 Å². The maximum absolute atomic E-state index is 13.8. The van der Waals surface area contributed by atoms with Crippen molar-refractivity contribution in [2.45, 2.75) is 20.4 Å². The van der Waals surface area contributed by atoms with Gasteiger partial charge in [0.05, 0.1) is 23.3 Å². The van der Waals surface area contributed by atoms with E-state index in [4.69, 9.17) is 0 Å². The van der Waals surface area contributed by atoms with Crippen molar-refractivity contribution in [2.24, 2.45) is 0 Å². The minimum atomic E-state index is -0.909. The molecule has 0 fully saturated rings. The van der Waals surface area contributed by atoms with Crippen molar-refractivity contribution in [1.82, 2.24) is 19.6 Å². The van der Waals surface area contributed by atoms with Gasteiger partial charge in [-0.05, 0) is 37.6 Å². The van der Waals surface area contributed by atoms with E-state index < -0.39 is 29.6 Å². The first-order valence-electron chi connectivity index (χ1n) is 9.11. The number of hydrogen-bond acceptors (Lipinski definition) is 4. The highest BCUT2D eigenvalue weighted by atomic mass is 19.1. The molecule has 0 aliphatic heterocycles. The number of halogens is 2. The van der Waals surface area contributed by atoms with Crippen molar-refractivity contribution >= 4 is 22.5 Å². The molecule has 0 aliphatic carbocycles. The van der Waals surface area contributed by atoms with Gasteiger partial charge in [-0.1, -0.05) is 18.2 Å². The van der Waals surface area contributed by atoms with Gasteiger partial charge in [0.1, 0.15) is 23.7 Å². The summed E-state index contributed by atoms with van der Waals surface area (Å²) in [6, 6.07) is 10.3. The summed E-state index contributed by atoms with van der Waals surface area (Å²) in [7, 11) is 0. The SMILES string of the molecule is Cc1ccccc1-n1ncc2c(C)nn(CC(=O)Nc3ccc(F)cc3F)c(=O)c21.